The van der Waals surface area contributed by atoms with E-state index >= 15 is 0 Å². The molecular weight excluding hydrogens is 368 g/mol. The van der Waals surface area contributed by atoms with Gasteiger partial charge in [-0.3, -0.25) is 0 Å². The molecule has 0 aliphatic rings. The molecule has 0 aromatic carbocycles. The van der Waals surface area contributed by atoms with Crippen LogP contribution in [0.4, 0.5) is 0 Å². The Kier molecular flexibility index (Phi) is 22.7. The fraction of sp³-hybridized carbons (Fsp3) is 0.962. The largest absolute Gasteiger partial charge is 0.194 e. The predicted molar refractivity (Wildman–Crippen MR) is 135 cm³/mol. The third kappa shape index (κ3) is 19.7. The highest BCUT2D eigenvalue weighted by molar-refractivity contribution is 7.43. The van der Waals surface area contributed by atoms with Crippen molar-refractivity contribution in [3.8, 4) is 5.81 Å². The van der Waals surface area contributed by atoms with Gasteiger partial charge in [-0.25, -0.2) is 0 Å². The number of rotatable bonds is 22. The van der Waals surface area contributed by atoms with Gasteiger partial charge in [0.25, 0.3) is 0 Å². The summed E-state index contributed by atoms with van der Waals surface area (Å²) in [6, 6.07) is 0. The maximum Gasteiger partial charge on any atom is 0.0838 e. The monoisotopic (exact) mass is 419 g/mol. The van der Waals surface area contributed by atoms with Crippen LogP contribution in [0.15, 0.2) is 0 Å². The molecule has 0 saturated heterocycles. The molecule has 3 heteroatoms. The van der Waals surface area contributed by atoms with Crippen LogP contribution in [0.25, 0.3) is 0 Å². The van der Waals surface area contributed by atoms with Crippen LogP contribution in [0, 0.1) is 22.9 Å². The van der Waals surface area contributed by atoms with Crippen LogP contribution < -0.4 is 0 Å². The van der Waals surface area contributed by atoms with Gasteiger partial charge in [0.2, 0.25) is 0 Å². The van der Waals surface area contributed by atoms with Gasteiger partial charge in [0, 0.05) is 0 Å². The first kappa shape index (κ1) is 29.0. The van der Waals surface area contributed by atoms with Gasteiger partial charge >= 0.3 is 0 Å². The molecule has 4 unspecified atom stereocenters. The van der Waals surface area contributed by atoms with Crippen LogP contribution in [0.5, 0.6) is 0 Å². The highest BCUT2D eigenvalue weighted by Gasteiger charge is 2.17. The third-order valence-corrected chi connectivity index (χ3v) is 7.62. The zero-order valence-electron chi connectivity index (χ0n) is 20.2. The minimum Gasteiger partial charge on any atom is -0.194 e. The molecule has 0 rings (SSSR count). The number of unbranched alkanes of at least 4 members (excludes halogenated alkanes) is 14. The van der Waals surface area contributed by atoms with E-state index in [2.05, 4.69) is 26.6 Å². The van der Waals surface area contributed by atoms with Gasteiger partial charge in [0.05, 0.1) is 13.7 Å². The maximum absolute atomic E-state index is 8.79. The van der Waals surface area contributed by atoms with Crippen molar-refractivity contribution >= 4 is 16.4 Å². The lowest BCUT2D eigenvalue weighted by Crippen LogP contribution is -2.15. The normalized spacial score (nSPS) is 14.8. The van der Waals surface area contributed by atoms with Gasteiger partial charge in [-0.2, -0.15) is 5.26 Å². The molecule has 0 N–H and O–H groups in total. The second-order valence-corrected chi connectivity index (χ2v) is 10.4. The van der Waals surface area contributed by atoms with Crippen LogP contribution in [0.1, 0.15) is 136 Å². The van der Waals surface area contributed by atoms with Gasteiger partial charge in [0.15, 0.2) is 0 Å². The van der Waals surface area contributed by atoms with Gasteiger partial charge < -0.3 is 0 Å². The lowest BCUT2D eigenvalue weighted by Gasteiger charge is -2.25. The molecule has 0 heterocycles. The molecule has 168 valence electrons. The summed E-state index contributed by atoms with van der Waals surface area (Å²) >= 11 is 0. The van der Waals surface area contributed by atoms with Crippen molar-refractivity contribution in [2.75, 3.05) is 6.16 Å². The molecular formula is C26H51BNP. The van der Waals surface area contributed by atoms with Gasteiger partial charge in [-0.05, 0) is 26.6 Å². The fourth-order valence-electron chi connectivity index (χ4n) is 4.46. The smallest absolute Gasteiger partial charge is 0.0838 e. The van der Waals surface area contributed by atoms with E-state index in [0.29, 0.717) is 26.2 Å². The first-order valence-corrected chi connectivity index (χ1v) is 14.2. The van der Waals surface area contributed by atoms with Crippen LogP contribution in [0.2, 0.25) is 5.82 Å². The van der Waals surface area contributed by atoms with E-state index in [9.17, 15) is 0 Å². The van der Waals surface area contributed by atoms with E-state index in [1.807, 2.05) is 0 Å². The quantitative estimate of drug-likeness (QED) is 0.0974. The van der Waals surface area contributed by atoms with Crippen LogP contribution in [-0.2, 0) is 0 Å². The maximum atomic E-state index is 8.79. The Bertz CT molecular complexity index is 368. The number of nitriles is 1. The summed E-state index contributed by atoms with van der Waals surface area (Å²) < 4.78 is 0. The summed E-state index contributed by atoms with van der Waals surface area (Å²) in [6.45, 7) is 6.87. The lowest BCUT2D eigenvalue weighted by molar-refractivity contribution is 0.339. The van der Waals surface area contributed by atoms with Crippen molar-refractivity contribution in [2.24, 2.45) is 11.8 Å². The highest BCUT2D eigenvalue weighted by atomic mass is 31.1. The van der Waals surface area contributed by atoms with E-state index in [0.717, 1.165) is 12.6 Å². The van der Waals surface area contributed by atoms with E-state index in [4.69, 9.17) is 13.1 Å². The van der Waals surface area contributed by atoms with E-state index in [-0.39, 0.29) is 0 Å². The summed E-state index contributed by atoms with van der Waals surface area (Å²) in [5.41, 5.74) is 0. The molecule has 0 fully saturated rings. The van der Waals surface area contributed by atoms with Crippen molar-refractivity contribution < 1.29 is 0 Å². The van der Waals surface area contributed by atoms with Crippen molar-refractivity contribution in [3.05, 3.63) is 0 Å². The molecule has 29 heavy (non-hydrogen) atoms. The minimum atomic E-state index is 0.356. The fourth-order valence-corrected chi connectivity index (χ4v) is 5.21. The molecule has 0 saturated carbocycles. The van der Waals surface area contributed by atoms with Crippen molar-refractivity contribution in [1.82, 2.24) is 0 Å². The average molecular weight is 419 g/mol. The zero-order valence-corrected chi connectivity index (χ0v) is 21.2. The standard InChI is InChI=1S/C26H51BNP/c1-4-6-7-8-9-10-11-12-13-14-15-16-17-18-19-20-26(27)21-25(5-2)24(3)22-29-23-28/h24-26,29H,4-22H2,1-3H3. The Hall–Kier alpha value is -0.0151. The summed E-state index contributed by atoms with van der Waals surface area (Å²) in [5, 5.41) is 8.79. The van der Waals surface area contributed by atoms with Gasteiger partial charge in [0.1, 0.15) is 0 Å². The van der Waals surface area contributed by atoms with E-state index in [1.54, 1.807) is 0 Å². The summed E-state index contributed by atoms with van der Waals surface area (Å²) in [5.74, 6) is 4.01. The Morgan fingerprint density at radius 2 is 1.21 bits per heavy atom. The Labute approximate surface area is 187 Å². The Morgan fingerprint density at radius 1 is 0.759 bits per heavy atom. The zero-order chi connectivity index (χ0) is 21.6. The highest BCUT2D eigenvalue weighted by Crippen LogP contribution is 2.31. The predicted octanol–water partition coefficient (Wildman–Crippen LogP) is 9.42. The first-order valence-electron chi connectivity index (χ1n) is 13.0. The molecule has 4 atom stereocenters. The molecule has 1 nitrogen and oxygen atoms in total. The molecule has 0 aromatic rings. The van der Waals surface area contributed by atoms with E-state index < -0.39 is 0 Å². The Balaban J connectivity index is 3.42. The van der Waals surface area contributed by atoms with Crippen LogP contribution in [-0.4, -0.2) is 14.0 Å². The summed E-state index contributed by atoms with van der Waals surface area (Å²) in [6.07, 6.45) is 25.9. The van der Waals surface area contributed by atoms with Crippen molar-refractivity contribution in [1.29, 1.82) is 5.26 Å². The second-order valence-electron chi connectivity index (χ2n) is 9.37. The van der Waals surface area contributed by atoms with Gasteiger partial charge in [-0.1, -0.05) is 142 Å². The van der Waals surface area contributed by atoms with Gasteiger partial charge in [-0.15, -0.1) is 0 Å². The second kappa shape index (κ2) is 22.7. The number of hydrogen-bond acceptors (Lipinski definition) is 1. The molecule has 0 aliphatic carbocycles. The van der Waals surface area contributed by atoms with E-state index in [1.165, 1.54) is 109 Å². The molecule has 0 spiro atoms. The molecule has 0 aliphatic heterocycles. The Morgan fingerprint density at radius 3 is 1.62 bits per heavy atom. The third-order valence-electron chi connectivity index (χ3n) is 6.62. The average Bonchev–Trinajstić information content (AvgIpc) is 2.72. The van der Waals surface area contributed by atoms with Crippen LogP contribution in [0.3, 0.4) is 0 Å². The molecule has 0 amide bonds. The number of nitrogens with zero attached hydrogens (tertiary/aromatic N) is 1. The first-order chi connectivity index (χ1) is 14.2. The molecule has 2 radical (unpaired) electrons. The van der Waals surface area contributed by atoms with Crippen molar-refractivity contribution in [2.45, 2.75) is 142 Å². The topological polar surface area (TPSA) is 23.8 Å². The molecule has 0 bridgehead atoms. The lowest BCUT2D eigenvalue weighted by atomic mass is 9.73. The minimum absolute atomic E-state index is 0.356. The molecule has 0 aromatic heterocycles. The van der Waals surface area contributed by atoms with Crippen molar-refractivity contribution in [3.63, 3.8) is 0 Å². The number of hydrogen-bond donors (Lipinski definition) is 0. The summed E-state index contributed by atoms with van der Waals surface area (Å²) in [7, 11) is 6.86. The summed E-state index contributed by atoms with van der Waals surface area (Å²) in [4.78, 5) is 0. The van der Waals surface area contributed by atoms with Crippen LogP contribution >= 0.6 is 8.58 Å². The SMILES string of the molecule is [B]C(CCCCCCCCCCCCCCCCC)CC(CC)C(C)CPC#N.